The van der Waals surface area contributed by atoms with Gasteiger partial charge in [0.25, 0.3) is 5.91 Å². The van der Waals surface area contributed by atoms with E-state index in [4.69, 9.17) is 14.5 Å². The molecule has 0 saturated carbocycles. The number of esters is 1. The number of nitrogens with zero attached hydrogens (tertiary/aromatic N) is 1. The summed E-state index contributed by atoms with van der Waals surface area (Å²) in [6.07, 6.45) is 0. The monoisotopic (exact) mass is 588 g/mol. The first-order chi connectivity index (χ1) is 17.5. The van der Waals surface area contributed by atoms with Crippen molar-refractivity contribution in [3.8, 4) is 17.0 Å². The number of carbonyl (C=O) groups excluding carboxylic acids is 2. The van der Waals surface area contributed by atoms with Gasteiger partial charge in [-0.3, -0.25) is 4.79 Å². The number of hydrogen-bond acceptors (Lipinski definition) is 5. The van der Waals surface area contributed by atoms with Crippen molar-refractivity contribution < 1.29 is 19.1 Å². The van der Waals surface area contributed by atoms with Gasteiger partial charge in [0.05, 0.1) is 23.9 Å². The second-order valence-electron chi connectivity index (χ2n) is 8.13. The number of benzene rings is 4. The minimum atomic E-state index is -0.585. The second-order valence-corrected chi connectivity index (χ2v) is 9.38. The number of para-hydroxylation sites is 1. The molecule has 0 aliphatic heterocycles. The molecule has 0 aliphatic carbocycles. The maximum atomic E-state index is 13.1. The molecule has 0 atom stereocenters. The van der Waals surface area contributed by atoms with Gasteiger partial charge in [-0.05, 0) is 88.0 Å². The van der Waals surface area contributed by atoms with E-state index >= 15 is 0 Å². The molecule has 1 aromatic heterocycles. The Morgan fingerprint density at radius 1 is 0.889 bits per heavy atom. The summed E-state index contributed by atoms with van der Waals surface area (Å²) in [5.74, 6) is -0.207. The molecule has 6 nitrogen and oxygen atoms in total. The normalized spacial score (nSPS) is 10.8. The third-order valence-corrected chi connectivity index (χ3v) is 6.46. The van der Waals surface area contributed by atoms with Crippen LogP contribution in [-0.4, -0.2) is 30.6 Å². The summed E-state index contributed by atoms with van der Waals surface area (Å²) in [7, 11) is 1.64. The molecule has 5 rings (SSSR count). The van der Waals surface area contributed by atoms with E-state index in [9.17, 15) is 9.59 Å². The topological polar surface area (TPSA) is 77.5 Å². The van der Waals surface area contributed by atoms with Crippen LogP contribution in [0.2, 0.25) is 0 Å². The molecular formula is C29H21IN2O4. The quantitative estimate of drug-likeness (QED) is 0.182. The summed E-state index contributed by atoms with van der Waals surface area (Å²) in [4.78, 5) is 30.2. The number of amides is 1. The van der Waals surface area contributed by atoms with Crippen LogP contribution in [0.15, 0.2) is 91.0 Å². The Balaban J connectivity index is 1.42. The van der Waals surface area contributed by atoms with Gasteiger partial charge in [-0.1, -0.05) is 36.4 Å². The number of anilines is 1. The SMILES string of the molecule is COc1ccc2cc(-c3cc(C(=O)OCC(=O)Nc4ccc(I)cc4)c4ccccc4n3)ccc2c1. The smallest absolute Gasteiger partial charge is 0.339 e. The molecule has 178 valence electrons. The fourth-order valence-electron chi connectivity index (χ4n) is 3.94. The van der Waals surface area contributed by atoms with Crippen molar-refractivity contribution in [3.05, 3.63) is 100 Å². The van der Waals surface area contributed by atoms with E-state index in [0.717, 1.165) is 25.7 Å². The highest BCUT2D eigenvalue weighted by molar-refractivity contribution is 14.1. The molecule has 1 amide bonds. The van der Waals surface area contributed by atoms with Crippen molar-refractivity contribution >= 4 is 61.8 Å². The molecule has 0 spiro atoms. The summed E-state index contributed by atoms with van der Waals surface area (Å²) < 4.78 is 11.8. The van der Waals surface area contributed by atoms with Gasteiger partial charge in [0, 0.05) is 20.2 Å². The van der Waals surface area contributed by atoms with Gasteiger partial charge in [-0.25, -0.2) is 9.78 Å². The number of pyridine rings is 1. The summed E-state index contributed by atoms with van der Waals surface area (Å²) >= 11 is 2.19. The average Bonchev–Trinajstić information content (AvgIpc) is 2.91. The Morgan fingerprint density at radius 3 is 2.44 bits per heavy atom. The zero-order valence-electron chi connectivity index (χ0n) is 19.3. The van der Waals surface area contributed by atoms with Crippen LogP contribution in [0, 0.1) is 3.57 Å². The van der Waals surface area contributed by atoms with E-state index in [1.165, 1.54) is 0 Å². The molecular weight excluding hydrogens is 567 g/mol. The highest BCUT2D eigenvalue weighted by Gasteiger charge is 2.17. The van der Waals surface area contributed by atoms with Gasteiger partial charge < -0.3 is 14.8 Å². The maximum Gasteiger partial charge on any atom is 0.339 e. The number of ether oxygens (including phenoxy) is 2. The van der Waals surface area contributed by atoms with Crippen molar-refractivity contribution in [1.29, 1.82) is 0 Å². The summed E-state index contributed by atoms with van der Waals surface area (Å²) in [5, 5.41) is 5.46. The fourth-order valence-corrected chi connectivity index (χ4v) is 4.30. The minimum absolute atomic E-state index is 0.354. The Labute approximate surface area is 221 Å². The molecule has 0 saturated heterocycles. The number of methoxy groups -OCH3 is 1. The molecule has 0 radical (unpaired) electrons. The standard InChI is InChI=1S/C29H21IN2O4/c1-35-23-13-8-18-14-20(7-6-19(18)15-23)27-16-25(24-4-2-3-5-26(24)32-27)29(34)36-17-28(33)31-22-11-9-21(30)10-12-22/h2-16H,17H2,1H3,(H,31,33). The molecule has 0 bridgehead atoms. The van der Waals surface area contributed by atoms with Crippen LogP contribution in [-0.2, 0) is 9.53 Å². The van der Waals surface area contributed by atoms with Crippen molar-refractivity contribution in [1.82, 2.24) is 4.98 Å². The molecule has 7 heteroatoms. The Bertz CT molecular complexity index is 1600. The number of nitrogens with one attached hydrogen (secondary N) is 1. The van der Waals surface area contributed by atoms with Crippen LogP contribution in [0.25, 0.3) is 32.9 Å². The Hall–Kier alpha value is -3.98. The first kappa shape index (κ1) is 23.7. The molecule has 0 fully saturated rings. The predicted octanol–water partition coefficient (Wildman–Crippen LogP) is 6.46. The van der Waals surface area contributed by atoms with Crippen molar-refractivity contribution in [3.63, 3.8) is 0 Å². The van der Waals surface area contributed by atoms with E-state index in [1.807, 2.05) is 72.8 Å². The third kappa shape index (κ3) is 5.16. The zero-order chi connectivity index (χ0) is 25.1. The first-order valence-corrected chi connectivity index (χ1v) is 12.3. The Kier molecular flexibility index (Phi) is 6.81. The number of fused-ring (bicyclic) bond motifs is 2. The largest absolute Gasteiger partial charge is 0.497 e. The average molecular weight is 588 g/mol. The van der Waals surface area contributed by atoms with E-state index in [2.05, 4.69) is 27.9 Å². The van der Waals surface area contributed by atoms with Crippen molar-refractivity contribution in [2.24, 2.45) is 0 Å². The van der Waals surface area contributed by atoms with Gasteiger partial charge >= 0.3 is 5.97 Å². The summed E-state index contributed by atoms with van der Waals surface area (Å²) in [6, 6.07) is 28.3. The second kappa shape index (κ2) is 10.3. The molecule has 1 heterocycles. The van der Waals surface area contributed by atoms with E-state index in [0.29, 0.717) is 27.8 Å². The molecule has 0 unspecified atom stereocenters. The molecule has 5 aromatic rings. The van der Waals surface area contributed by atoms with Gasteiger partial charge in [0.2, 0.25) is 0 Å². The first-order valence-electron chi connectivity index (χ1n) is 11.2. The van der Waals surface area contributed by atoms with E-state index in [-0.39, 0.29) is 0 Å². The van der Waals surface area contributed by atoms with Gasteiger partial charge in [-0.15, -0.1) is 0 Å². The number of hydrogen-bond donors (Lipinski definition) is 1. The van der Waals surface area contributed by atoms with Crippen LogP contribution in [0.3, 0.4) is 0 Å². The molecule has 1 N–H and O–H groups in total. The lowest BCUT2D eigenvalue weighted by atomic mass is 10.0. The number of rotatable bonds is 6. The molecule has 36 heavy (non-hydrogen) atoms. The van der Waals surface area contributed by atoms with Gasteiger partial charge in [-0.2, -0.15) is 0 Å². The van der Waals surface area contributed by atoms with E-state index in [1.54, 1.807) is 25.3 Å². The predicted molar refractivity (Wildman–Crippen MR) is 149 cm³/mol. The lowest BCUT2D eigenvalue weighted by Gasteiger charge is -2.11. The highest BCUT2D eigenvalue weighted by atomic mass is 127. The summed E-state index contributed by atoms with van der Waals surface area (Å²) in [5.41, 5.74) is 3.17. The Morgan fingerprint density at radius 2 is 1.64 bits per heavy atom. The lowest BCUT2D eigenvalue weighted by Crippen LogP contribution is -2.21. The lowest BCUT2D eigenvalue weighted by molar-refractivity contribution is -0.119. The zero-order valence-corrected chi connectivity index (χ0v) is 21.5. The summed E-state index contributed by atoms with van der Waals surface area (Å²) in [6.45, 7) is -0.394. The van der Waals surface area contributed by atoms with Crippen LogP contribution >= 0.6 is 22.6 Å². The number of carbonyl (C=O) groups is 2. The maximum absolute atomic E-state index is 13.1. The van der Waals surface area contributed by atoms with Gasteiger partial charge in [0.1, 0.15) is 5.75 Å². The number of halogens is 1. The van der Waals surface area contributed by atoms with Crippen LogP contribution in [0.5, 0.6) is 5.75 Å². The van der Waals surface area contributed by atoms with Crippen molar-refractivity contribution in [2.75, 3.05) is 19.0 Å². The third-order valence-electron chi connectivity index (χ3n) is 5.74. The van der Waals surface area contributed by atoms with E-state index < -0.39 is 18.5 Å². The van der Waals surface area contributed by atoms with Crippen LogP contribution in [0.4, 0.5) is 5.69 Å². The van der Waals surface area contributed by atoms with Crippen molar-refractivity contribution in [2.45, 2.75) is 0 Å². The van der Waals surface area contributed by atoms with Crippen LogP contribution in [0.1, 0.15) is 10.4 Å². The molecule has 4 aromatic carbocycles. The number of aromatic nitrogens is 1. The van der Waals surface area contributed by atoms with Gasteiger partial charge in [0.15, 0.2) is 6.61 Å². The highest BCUT2D eigenvalue weighted by Crippen LogP contribution is 2.29. The molecule has 0 aliphatic rings. The van der Waals surface area contributed by atoms with Crippen LogP contribution < -0.4 is 10.1 Å². The minimum Gasteiger partial charge on any atom is -0.497 e. The fraction of sp³-hybridized carbons (Fsp3) is 0.0690.